The quantitative estimate of drug-likeness (QED) is 0.816. The highest BCUT2D eigenvalue weighted by Crippen LogP contribution is 2.16. The number of aromatic amines is 1. The van der Waals surface area contributed by atoms with Crippen molar-refractivity contribution < 1.29 is 0 Å². The number of hydrogen-bond donors (Lipinski definition) is 2. The van der Waals surface area contributed by atoms with Crippen molar-refractivity contribution in [3.63, 3.8) is 0 Å². The maximum atomic E-state index is 5.96. The zero-order chi connectivity index (χ0) is 13.0. The number of anilines is 1. The summed E-state index contributed by atoms with van der Waals surface area (Å²) >= 11 is 5.96. The van der Waals surface area contributed by atoms with Crippen LogP contribution in [0.3, 0.4) is 0 Å². The summed E-state index contributed by atoms with van der Waals surface area (Å²) < 4.78 is 0. The Morgan fingerprint density at radius 1 is 1.39 bits per heavy atom. The van der Waals surface area contributed by atoms with Crippen molar-refractivity contribution in [1.29, 1.82) is 0 Å². The van der Waals surface area contributed by atoms with Crippen LogP contribution in [0.1, 0.15) is 31.4 Å². The number of nitrogens with one attached hydrogen (secondary N) is 2. The number of hydrogen-bond acceptors (Lipinski definition) is 4. The third-order valence-corrected chi connectivity index (χ3v) is 2.64. The summed E-state index contributed by atoms with van der Waals surface area (Å²) in [6.45, 7) is 4.83. The first-order chi connectivity index (χ1) is 8.65. The summed E-state index contributed by atoms with van der Waals surface area (Å²) in [6.07, 6.45) is 4.37. The van der Waals surface area contributed by atoms with Gasteiger partial charge in [-0.15, -0.1) is 0 Å². The molecule has 2 aromatic rings. The van der Waals surface area contributed by atoms with Crippen molar-refractivity contribution >= 4 is 17.4 Å². The van der Waals surface area contributed by atoms with Gasteiger partial charge in [-0.05, 0) is 0 Å². The van der Waals surface area contributed by atoms with E-state index in [1.165, 1.54) is 0 Å². The topological polar surface area (TPSA) is 66.5 Å². The largest absolute Gasteiger partial charge is 0.369 e. The SMILES string of the molecule is CC(C)c1nc(Cl)cc(NCCc2ncc[nH]2)n1. The summed E-state index contributed by atoms with van der Waals surface area (Å²) in [6, 6.07) is 1.73. The molecule has 5 nitrogen and oxygen atoms in total. The lowest BCUT2D eigenvalue weighted by Crippen LogP contribution is -2.09. The second kappa shape index (κ2) is 5.82. The number of rotatable bonds is 5. The third kappa shape index (κ3) is 3.43. The van der Waals surface area contributed by atoms with Gasteiger partial charge in [-0.25, -0.2) is 15.0 Å². The maximum absolute atomic E-state index is 5.96. The summed E-state index contributed by atoms with van der Waals surface area (Å²) in [5, 5.41) is 3.69. The highest BCUT2D eigenvalue weighted by Gasteiger charge is 2.06. The Morgan fingerprint density at radius 2 is 2.22 bits per heavy atom. The number of imidazole rings is 1. The number of aromatic nitrogens is 4. The van der Waals surface area contributed by atoms with Gasteiger partial charge < -0.3 is 10.3 Å². The monoisotopic (exact) mass is 265 g/mol. The van der Waals surface area contributed by atoms with Crippen LogP contribution in [0, 0.1) is 0 Å². The molecule has 0 aliphatic carbocycles. The molecule has 0 aliphatic rings. The summed E-state index contributed by atoms with van der Waals surface area (Å²) in [5.41, 5.74) is 0. The molecule has 0 saturated heterocycles. The Bertz CT molecular complexity index is 495. The van der Waals surface area contributed by atoms with E-state index in [1.54, 1.807) is 12.3 Å². The molecule has 0 aromatic carbocycles. The molecule has 0 unspecified atom stereocenters. The predicted molar refractivity (Wildman–Crippen MR) is 71.9 cm³/mol. The van der Waals surface area contributed by atoms with Crippen molar-refractivity contribution in [1.82, 2.24) is 19.9 Å². The zero-order valence-corrected chi connectivity index (χ0v) is 11.2. The molecule has 18 heavy (non-hydrogen) atoms. The van der Waals surface area contributed by atoms with Crippen LogP contribution >= 0.6 is 11.6 Å². The number of H-pyrrole nitrogens is 1. The van der Waals surface area contributed by atoms with E-state index in [9.17, 15) is 0 Å². The van der Waals surface area contributed by atoms with Gasteiger partial charge in [-0.3, -0.25) is 0 Å². The predicted octanol–water partition coefficient (Wildman–Crippen LogP) is 2.63. The van der Waals surface area contributed by atoms with Crippen LogP contribution in [0.25, 0.3) is 0 Å². The van der Waals surface area contributed by atoms with Crippen LogP contribution in [-0.2, 0) is 6.42 Å². The normalized spacial score (nSPS) is 10.9. The van der Waals surface area contributed by atoms with Gasteiger partial charge in [-0.2, -0.15) is 0 Å². The molecule has 0 radical (unpaired) electrons. The minimum absolute atomic E-state index is 0.259. The molecule has 96 valence electrons. The van der Waals surface area contributed by atoms with E-state index in [0.717, 1.165) is 30.4 Å². The first-order valence-electron chi connectivity index (χ1n) is 5.92. The average molecular weight is 266 g/mol. The Kier molecular flexibility index (Phi) is 4.15. The Hall–Kier alpha value is -1.62. The van der Waals surface area contributed by atoms with Crippen LogP contribution in [0.4, 0.5) is 5.82 Å². The lowest BCUT2D eigenvalue weighted by molar-refractivity contribution is 0.773. The van der Waals surface area contributed by atoms with Crippen LogP contribution < -0.4 is 5.32 Å². The van der Waals surface area contributed by atoms with Gasteiger partial charge in [0.05, 0.1) is 0 Å². The second-order valence-corrected chi connectivity index (χ2v) is 4.69. The zero-order valence-electron chi connectivity index (χ0n) is 10.4. The minimum atomic E-state index is 0.259. The van der Waals surface area contributed by atoms with Crippen molar-refractivity contribution in [2.45, 2.75) is 26.2 Å². The average Bonchev–Trinajstić information content (AvgIpc) is 2.81. The summed E-state index contributed by atoms with van der Waals surface area (Å²) in [5.74, 6) is 2.72. The lowest BCUT2D eigenvalue weighted by atomic mass is 10.2. The first-order valence-corrected chi connectivity index (χ1v) is 6.29. The van der Waals surface area contributed by atoms with E-state index in [-0.39, 0.29) is 5.92 Å². The van der Waals surface area contributed by atoms with Gasteiger partial charge in [0.2, 0.25) is 0 Å². The Balaban J connectivity index is 1.96. The summed E-state index contributed by atoms with van der Waals surface area (Å²) in [4.78, 5) is 15.8. The van der Waals surface area contributed by atoms with E-state index in [1.807, 2.05) is 20.0 Å². The highest BCUT2D eigenvalue weighted by atomic mass is 35.5. The highest BCUT2D eigenvalue weighted by molar-refractivity contribution is 6.29. The fourth-order valence-electron chi connectivity index (χ4n) is 1.53. The van der Waals surface area contributed by atoms with Crippen molar-refractivity contribution in [2.75, 3.05) is 11.9 Å². The third-order valence-electron chi connectivity index (χ3n) is 2.45. The molecule has 2 rings (SSSR count). The molecule has 0 spiro atoms. The fourth-order valence-corrected chi connectivity index (χ4v) is 1.72. The van der Waals surface area contributed by atoms with Gasteiger partial charge in [0.1, 0.15) is 22.6 Å². The molecular weight excluding hydrogens is 250 g/mol. The van der Waals surface area contributed by atoms with Gasteiger partial charge in [0, 0.05) is 37.3 Å². The van der Waals surface area contributed by atoms with Crippen molar-refractivity contribution in [2.24, 2.45) is 0 Å². The van der Waals surface area contributed by atoms with E-state index in [2.05, 4.69) is 25.3 Å². The number of halogens is 1. The second-order valence-electron chi connectivity index (χ2n) is 4.30. The molecule has 0 fully saturated rings. The van der Waals surface area contributed by atoms with E-state index >= 15 is 0 Å². The Labute approximate surface area is 111 Å². The number of nitrogens with zero attached hydrogens (tertiary/aromatic N) is 3. The van der Waals surface area contributed by atoms with E-state index < -0.39 is 0 Å². The van der Waals surface area contributed by atoms with Crippen LogP contribution in [0.2, 0.25) is 5.15 Å². The van der Waals surface area contributed by atoms with Gasteiger partial charge >= 0.3 is 0 Å². The molecule has 0 saturated carbocycles. The Morgan fingerprint density at radius 3 is 2.89 bits per heavy atom. The lowest BCUT2D eigenvalue weighted by Gasteiger charge is -2.09. The molecule has 0 aliphatic heterocycles. The molecule has 2 N–H and O–H groups in total. The van der Waals surface area contributed by atoms with Crippen LogP contribution in [-0.4, -0.2) is 26.5 Å². The molecule has 2 aromatic heterocycles. The van der Waals surface area contributed by atoms with Crippen molar-refractivity contribution in [3.05, 3.63) is 35.3 Å². The van der Waals surface area contributed by atoms with E-state index in [4.69, 9.17) is 11.6 Å². The van der Waals surface area contributed by atoms with Gasteiger partial charge in [-0.1, -0.05) is 25.4 Å². The smallest absolute Gasteiger partial charge is 0.135 e. The van der Waals surface area contributed by atoms with Gasteiger partial charge in [0.15, 0.2) is 0 Å². The molecule has 0 amide bonds. The minimum Gasteiger partial charge on any atom is -0.369 e. The van der Waals surface area contributed by atoms with Crippen LogP contribution in [0.5, 0.6) is 0 Å². The standard InChI is InChI=1S/C12H16ClN5/c1-8(2)12-17-9(13)7-11(18-12)14-4-3-10-15-5-6-16-10/h5-8H,3-4H2,1-2H3,(H,15,16)(H,14,17,18). The fraction of sp³-hybridized carbons (Fsp3) is 0.417. The summed E-state index contributed by atoms with van der Waals surface area (Å²) in [7, 11) is 0. The molecule has 0 bridgehead atoms. The van der Waals surface area contributed by atoms with Crippen molar-refractivity contribution in [3.8, 4) is 0 Å². The van der Waals surface area contributed by atoms with Crippen LogP contribution in [0.15, 0.2) is 18.5 Å². The maximum Gasteiger partial charge on any atom is 0.135 e. The first kappa shape index (κ1) is 12.8. The molecule has 0 atom stereocenters. The molecule has 6 heteroatoms. The molecule has 2 heterocycles. The van der Waals surface area contributed by atoms with Gasteiger partial charge in [0.25, 0.3) is 0 Å². The molecular formula is C12H16ClN5. The van der Waals surface area contributed by atoms with E-state index in [0.29, 0.717) is 5.15 Å².